The molecular weight excluding hydrogens is 568 g/mol. The van der Waals surface area contributed by atoms with Crippen LogP contribution in [-0.2, 0) is 23.2 Å². The molecule has 0 atom stereocenters. The van der Waals surface area contributed by atoms with Gasteiger partial charge in [-0.25, -0.2) is 32.0 Å². The molecule has 2 aromatic heterocycles. The van der Waals surface area contributed by atoms with Gasteiger partial charge in [0.1, 0.15) is 11.5 Å². The lowest BCUT2D eigenvalue weighted by Gasteiger charge is -2.12. The summed E-state index contributed by atoms with van der Waals surface area (Å²) in [5.74, 6) is -0.612. The van der Waals surface area contributed by atoms with Crippen LogP contribution in [0.4, 0.5) is 39.7 Å². The number of carbonyl (C=O) groups is 1. The first-order valence-corrected chi connectivity index (χ1v) is 14.1. The third-order valence-corrected chi connectivity index (χ3v) is 6.52. The van der Waals surface area contributed by atoms with E-state index in [4.69, 9.17) is 0 Å². The van der Waals surface area contributed by atoms with E-state index in [2.05, 4.69) is 35.7 Å². The summed E-state index contributed by atoms with van der Waals surface area (Å²) < 4.78 is 78.9. The third-order valence-electron chi connectivity index (χ3n) is 5.79. The largest absolute Gasteiger partial charge is 0.416 e. The van der Waals surface area contributed by atoms with Crippen LogP contribution in [0.3, 0.4) is 0 Å². The van der Waals surface area contributed by atoms with Gasteiger partial charge in [-0.2, -0.15) is 23.3 Å². The van der Waals surface area contributed by atoms with Crippen molar-refractivity contribution in [1.82, 2.24) is 24.5 Å². The fraction of sp³-hybridized carbons (Fsp3) is 0.280. The number of urea groups is 1. The molecule has 41 heavy (non-hydrogen) atoms. The number of sulfonamides is 1. The van der Waals surface area contributed by atoms with Crippen LogP contribution < -0.4 is 20.7 Å². The van der Waals surface area contributed by atoms with Crippen LogP contribution in [0.25, 0.3) is 22.3 Å². The Balaban J connectivity index is 1.38. The molecule has 0 aliphatic carbocycles. The van der Waals surface area contributed by atoms with Gasteiger partial charge in [0, 0.05) is 37.6 Å². The molecule has 218 valence electrons. The number of nitrogens with zero attached hydrogens (tertiary/aromatic N) is 4. The van der Waals surface area contributed by atoms with Crippen molar-refractivity contribution in [3.05, 3.63) is 60.0 Å². The van der Waals surface area contributed by atoms with Crippen molar-refractivity contribution in [3.8, 4) is 11.3 Å². The summed E-state index contributed by atoms with van der Waals surface area (Å²) in [6, 6.07) is 7.31. The summed E-state index contributed by atoms with van der Waals surface area (Å²) in [6.07, 6.45) is -0.602. The van der Waals surface area contributed by atoms with Gasteiger partial charge in [-0.1, -0.05) is 12.1 Å². The Bertz CT molecular complexity index is 1660. The Labute approximate surface area is 232 Å². The Morgan fingerprint density at radius 3 is 2.41 bits per heavy atom. The van der Waals surface area contributed by atoms with Gasteiger partial charge < -0.3 is 16.0 Å². The van der Waals surface area contributed by atoms with Gasteiger partial charge in [0.25, 0.3) is 0 Å². The van der Waals surface area contributed by atoms with Crippen molar-refractivity contribution in [2.75, 3.05) is 35.3 Å². The molecule has 4 rings (SSSR count). The molecule has 16 heteroatoms. The first kappa shape index (κ1) is 29.7. The SMILES string of the molecule is Cn1nc(-c2ccc(NC(=O)Nc3cc(C(F)(F)F)ccc3F)cc2)c2cnc(NCCCCNS(C)(=O)=O)nc21. The van der Waals surface area contributed by atoms with E-state index in [1.54, 1.807) is 42.2 Å². The fourth-order valence-electron chi connectivity index (χ4n) is 3.84. The minimum atomic E-state index is -4.68. The van der Waals surface area contributed by atoms with Crippen molar-refractivity contribution in [3.63, 3.8) is 0 Å². The topological polar surface area (TPSA) is 143 Å². The second-order valence-corrected chi connectivity index (χ2v) is 10.9. The molecule has 0 radical (unpaired) electrons. The molecule has 2 aromatic carbocycles. The molecule has 0 bridgehead atoms. The number of aryl methyl sites for hydroxylation is 1. The number of amides is 2. The molecule has 4 N–H and O–H groups in total. The second kappa shape index (κ2) is 12.1. The van der Waals surface area contributed by atoms with Crippen LogP contribution in [0.2, 0.25) is 0 Å². The third kappa shape index (κ3) is 7.88. The number of hydrogen-bond acceptors (Lipinski definition) is 7. The number of hydrogen-bond donors (Lipinski definition) is 4. The minimum absolute atomic E-state index is 0.313. The zero-order chi connectivity index (χ0) is 29.8. The van der Waals surface area contributed by atoms with Gasteiger partial charge in [-0.3, -0.25) is 0 Å². The summed E-state index contributed by atoms with van der Waals surface area (Å²) in [4.78, 5) is 21.1. The average molecular weight is 595 g/mol. The highest BCUT2D eigenvalue weighted by atomic mass is 32.2. The second-order valence-electron chi connectivity index (χ2n) is 9.05. The molecule has 0 saturated heterocycles. The number of benzene rings is 2. The molecule has 0 unspecified atom stereocenters. The number of unbranched alkanes of at least 4 members (excludes halogenated alkanes) is 1. The lowest BCUT2D eigenvalue weighted by atomic mass is 10.1. The van der Waals surface area contributed by atoms with E-state index in [9.17, 15) is 30.8 Å². The van der Waals surface area contributed by atoms with E-state index < -0.39 is 39.3 Å². The van der Waals surface area contributed by atoms with Crippen molar-refractivity contribution in [2.24, 2.45) is 7.05 Å². The number of halogens is 4. The lowest BCUT2D eigenvalue weighted by Crippen LogP contribution is -2.23. The van der Waals surface area contributed by atoms with Crippen LogP contribution in [0.1, 0.15) is 18.4 Å². The molecule has 11 nitrogen and oxygen atoms in total. The van der Waals surface area contributed by atoms with Gasteiger partial charge >= 0.3 is 12.2 Å². The minimum Gasteiger partial charge on any atom is -0.354 e. The van der Waals surface area contributed by atoms with Crippen LogP contribution in [0.15, 0.2) is 48.7 Å². The Morgan fingerprint density at radius 1 is 1.02 bits per heavy atom. The standard InChI is InChI=1S/C25H26F4N8O3S/c1-37-22-18(14-31-23(35-22)30-11-3-4-12-32-41(2,39)40)21(36-37)15-5-8-17(9-6-15)33-24(38)34-20-13-16(25(27,28)29)7-10-19(20)26/h5-10,13-14,32H,3-4,11-12H2,1-2H3,(H,30,31,35)(H2,33,34,38). The average Bonchev–Trinajstić information content (AvgIpc) is 3.22. The van der Waals surface area contributed by atoms with Gasteiger partial charge in [0.2, 0.25) is 16.0 Å². The van der Waals surface area contributed by atoms with Gasteiger partial charge in [0.15, 0.2) is 5.65 Å². The molecule has 4 aromatic rings. The van der Waals surface area contributed by atoms with Crippen molar-refractivity contribution >= 4 is 44.4 Å². The summed E-state index contributed by atoms with van der Waals surface area (Å²) in [6.45, 7) is 0.892. The summed E-state index contributed by atoms with van der Waals surface area (Å²) >= 11 is 0. The van der Waals surface area contributed by atoms with E-state index in [1.165, 1.54) is 0 Å². The predicted molar refractivity (Wildman–Crippen MR) is 146 cm³/mol. The predicted octanol–water partition coefficient (Wildman–Crippen LogP) is 4.57. The lowest BCUT2D eigenvalue weighted by molar-refractivity contribution is -0.137. The maximum absolute atomic E-state index is 13.9. The molecule has 0 saturated carbocycles. The van der Waals surface area contributed by atoms with Gasteiger partial charge in [0.05, 0.1) is 22.9 Å². The van der Waals surface area contributed by atoms with Crippen molar-refractivity contribution in [2.45, 2.75) is 19.0 Å². The highest BCUT2D eigenvalue weighted by molar-refractivity contribution is 7.88. The molecular formula is C25H26F4N8O3S. The summed E-state index contributed by atoms with van der Waals surface area (Å²) in [5, 5.41) is 12.8. The van der Waals surface area contributed by atoms with Crippen LogP contribution in [-0.4, -0.2) is 53.5 Å². The Kier molecular flexibility index (Phi) is 8.72. The van der Waals surface area contributed by atoms with Crippen LogP contribution >= 0.6 is 0 Å². The fourth-order valence-corrected chi connectivity index (χ4v) is 4.35. The molecule has 0 aliphatic heterocycles. The zero-order valence-corrected chi connectivity index (χ0v) is 22.7. The highest BCUT2D eigenvalue weighted by Gasteiger charge is 2.31. The van der Waals surface area contributed by atoms with E-state index in [-0.39, 0.29) is 0 Å². The van der Waals surface area contributed by atoms with E-state index in [0.717, 1.165) is 6.26 Å². The van der Waals surface area contributed by atoms with Crippen molar-refractivity contribution in [1.29, 1.82) is 0 Å². The van der Waals surface area contributed by atoms with Crippen LogP contribution in [0, 0.1) is 5.82 Å². The Morgan fingerprint density at radius 2 is 1.73 bits per heavy atom. The number of aromatic nitrogens is 4. The quantitative estimate of drug-likeness (QED) is 0.156. The first-order chi connectivity index (χ1) is 19.3. The maximum atomic E-state index is 13.9. The molecule has 0 spiro atoms. The maximum Gasteiger partial charge on any atom is 0.416 e. The van der Waals surface area contributed by atoms with Crippen molar-refractivity contribution < 1.29 is 30.8 Å². The monoisotopic (exact) mass is 594 g/mol. The smallest absolute Gasteiger partial charge is 0.354 e. The van der Waals surface area contributed by atoms with Gasteiger partial charge in [-0.15, -0.1) is 0 Å². The summed E-state index contributed by atoms with van der Waals surface area (Å²) in [7, 11) is -1.48. The van der Waals surface area contributed by atoms with Crippen LogP contribution in [0.5, 0.6) is 0 Å². The number of anilines is 3. The number of rotatable bonds is 10. The number of nitrogens with one attached hydrogen (secondary N) is 4. The normalized spacial score (nSPS) is 12.0. The molecule has 2 heterocycles. The first-order valence-electron chi connectivity index (χ1n) is 12.2. The number of carbonyl (C=O) groups excluding carboxylic acids is 1. The molecule has 0 aliphatic rings. The summed E-state index contributed by atoms with van der Waals surface area (Å²) in [5.41, 5.74) is 0.463. The van der Waals surface area contributed by atoms with E-state index in [0.29, 0.717) is 78.1 Å². The van der Waals surface area contributed by atoms with E-state index >= 15 is 0 Å². The molecule has 0 fully saturated rings. The molecule has 2 amide bonds. The van der Waals surface area contributed by atoms with Gasteiger partial charge in [-0.05, 0) is 43.2 Å². The number of fused-ring (bicyclic) bond motifs is 1. The van der Waals surface area contributed by atoms with E-state index in [1.807, 2.05) is 0 Å². The highest BCUT2D eigenvalue weighted by Crippen LogP contribution is 2.32. The zero-order valence-electron chi connectivity index (χ0n) is 21.9. The number of alkyl halides is 3. The Hall–Kier alpha value is -4.31.